The monoisotopic (exact) mass is 561 g/mol. The van der Waals surface area contributed by atoms with Gasteiger partial charge in [0, 0.05) is 49.6 Å². The SMILES string of the molecule is Cc1cc(CC(=O)c2cnn(-c3ncc(C(F)(F)F)cc3Cl)c2C)cnc1C1CCC(N2CCOCC2)CC1. The van der Waals surface area contributed by atoms with Crippen LogP contribution >= 0.6 is 11.6 Å². The maximum absolute atomic E-state index is 13.1. The molecule has 3 aromatic heterocycles. The molecule has 0 unspecified atom stereocenters. The number of rotatable bonds is 6. The summed E-state index contributed by atoms with van der Waals surface area (Å²) in [6.07, 6.45) is 3.99. The molecule has 1 aliphatic heterocycles. The first-order valence-corrected chi connectivity index (χ1v) is 13.6. The molecule has 0 spiro atoms. The Morgan fingerprint density at radius 3 is 2.41 bits per heavy atom. The zero-order valence-corrected chi connectivity index (χ0v) is 22.7. The van der Waals surface area contributed by atoms with Gasteiger partial charge in [-0.05, 0) is 56.7 Å². The van der Waals surface area contributed by atoms with Crippen LogP contribution in [0.4, 0.5) is 13.2 Å². The Hall–Kier alpha value is -2.82. The molecule has 1 saturated heterocycles. The van der Waals surface area contributed by atoms with E-state index in [1.54, 1.807) is 13.1 Å². The Balaban J connectivity index is 1.24. The first-order valence-electron chi connectivity index (χ1n) is 13.2. The van der Waals surface area contributed by atoms with Crippen LogP contribution in [0.15, 0.2) is 30.7 Å². The van der Waals surface area contributed by atoms with Crippen LogP contribution in [0.3, 0.4) is 0 Å². The van der Waals surface area contributed by atoms with Crippen LogP contribution in [0.1, 0.15) is 70.0 Å². The minimum absolute atomic E-state index is 0.0337. The summed E-state index contributed by atoms with van der Waals surface area (Å²) < 4.78 is 45.7. The van der Waals surface area contributed by atoms with E-state index in [2.05, 4.69) is 15.0 Å². The number of morpholine rings is 1. The predicted octanol–water partition coefficient (Wildman–Crippen LogP) is 5.74. The van der Waals surface area contributed by atoms with Crippen LogP contribution in [0.2, 0.25) is 5.02 Å². The van der Waals surface area contributed by atoms with Crippen LogP contribution in [0.5, 0.6) is 0 Å². The highest BCUT2D eigenvalue weighted by atomic mass is 35.5. The lowest BCUT2D eigenvalue weighted by atomic mass is 9.81. The van der Waals surface area contributed by atoms with Crippen molar-refractivity contribution in [1.82, 2.24) is 24.6 Å². The number of halogens is 4. The fraction of sp³-hybridized carbons (Fsp3) is 0.500. The van der Waals surface area contributed by atoms with Gasteiger partial charge in [-0.1, -0.05) is 17.7 Å². The summed E-state index contributed by atoms with van der Waals surface area (Å²) in [6.45, 7) is 7.38. The molecule has 2 aliphatic rings. The Morgan fingerprint density at radius 1 is 1.05 bits per heavy atom. The molecule has 0 N–H and O–H groups in total. The largest absolute Gasteiger partial charge is 0.417 e. The highest BCUT2D eigenvalue weighted by molar-refractivity contribution is 6.32. The van der Waals surface area contributed by atoms with Crippen LogP contribution in [0, 0.1) is 13.8 Å². The number of carbonyl (C=O) groups excluding carboxylic acids is 1. The third kappa shape index (κ3) is 6.02. The van der Waals surface area contributed by atoms with Crippen molar-refractivity contribution in [3.63, 3.8) is 0 Å². The highest BCUT2D eigenvalue weighted by Crippen LogP contribution is 2.36. The van der Waals surface area contributed by atoms with E-state index < -0.39 is 11.7 Å². The van der Waals surface area contributed by atoms with Gasteiger partial charge in [0.25, 0.3) is 0 Å². The van der Waals surface area contributed by atoms with Gasteiger partial charge in [-0.15, -0.1) is 0 Å². The van der Waals surface area contributed by atoms with Gasteiger partial charge < -0.3 is 4.74 Å². The second kappa shape index (κ2) is 11.3. The van der Waals surface area contributed by atoms with E-state index in [0.29, 0.717) is 29.4 Å². The number of aromatic nitrogens is 4. The summed E-state index contributed by atoms with van der Waals surface area (Å²) in [5.41, 5.74) is 2.86. The summed E-state index contributed by atoms with van der Waals surface area (Å²) in [5.74, 6) is 0.293. The minimum Gasteiger partial charge on any atom is -0.379 e. The van der Waals surface area contributed by atoms with Crippen molar-refractivity contribution in [3.05, 3.63) is 69.4 Å². The Kier molecular flexibility index (Phi) is 8.07. The van der Waals surface area contributed by atoms with Gasteiger partial charge in [-0.25, -0.2) is 9.67 Å². The molecular formula is C28H31ClF3N5O2. The Morgan fingerprint density at radius 2 is 1.77 bits per heavy atom. The zero-order valence-electron chi connectivity index (χ0n) is 22.0. The molecule has 0 bridgehead atoms. The molecular weight excluding hydrogens is 531 g/mol. The standard InChI is InChI=1S/C28H31ClF3N5O2/c1-17-11-19(14-33-26(17)20-3-5-22(6-4-20)36-7-9-39-10-8-36)12-25(38)23-16-35-37(18(23)2)27-24(29)13-21(15-34-27)28(30,31)32/h11,13-16,20,22H,3-10,12H2,1-2H3. The second-order valence-corrected chi connectivity index (χ2v) is 10.8. The van der Waals surface area contributed by atoms with E-state index in [0.717, 1.165) is 74.9 Å². The van der Waals surface area contributed by atoms with Crippen molar-refractivity contribution < 1.29 is 22.7 Å². The third-order valence-electron chi connectivity index (χ3n) is 7.85. The smallest absolute Gasteiger partial charge is 0.379 e. The topological polar surface area (TPSA) is 73.1 Å². The third-order valence-corrected chi connectivity index (χ3v) is 8.12. The van der Waals surface area contributed by atoms with Crippen LogP contribution in [-0.4, -0.2) is 62.8 Å². The fourth-order valence-corrected chi connectivity index (χ4v) is 5.99. The van der Waals surface area contributed by atoms with Crippen molar-refractivity contribution in [2.24, 2.45) is 0 Å². The van der Waals surface area contributed by atoms with Crippen molar-refractivity contribution in [2.45, 2.75) is 64.1 Å². The molecule has 208 valence electrons. The van der Waals surface area contributed by atoms with Crippen molar-refractivity contribution in [3.8, 4) is 5.82 Å². The Bertz CT molecular complexity index is 1350. The van der Waals surface area contributed by atoms with Gasteiger partial charge in [-0.2, -0.15) is 18.3 Å². The average Bonchev–Trinajstić information content (AvgIpc) is 3.30. The highest BCUT2D eigenvalue weighted by Gasteiger charge is 2.32. The zero-order chi connectivity index (χ0) is 27.7. The van der Waals surface area contributed by atoms with Gasteiger partial charge in [0.15, 0.2) is 11.6 Å². The molecule has 39 heavy (non-hydrogen) atoms. The maximum Gasteiger partial charge on any atom is 0.417 e. The first kappa shape index (κ1) is 27.7. The number of Topliss-reactive ketones (excluding diaryl/α,β-unsaturated/α-hetero) is 1. The number of ether oxygens (including phenoxy) is 1. The first-order chi connectivity index (χ1) is 18.6. The molecule has 2 fully saturated rings. The molecule has 7 nitrogen and oxygen atoms in total. The van der Waals surface area contributed by atoms with Crippen molar-refractivity contribution >= 4 is 17.4 Å². The number of carbonyl (C=O) groups is 1. The summed E-state index contributed by atoms with van der Waals surface area (Å²) in [7, 11) is 0. The van der Waals surface area contributed by atoms with E-state index in [1.165, 1.54) is 10.9 Å². The molecule has 3 aromatic rings. The van der Waals surface area contributed by atoms with Crippen molar-refractivity contribution in [2.75, 3.05) is 26.3 Å². The van der Waals surface area contributed by atoms with Crippen LogP contribution < -0.4 is 0 Å². The van der Waals surface area contributed by atoms with E-state index in [4.69, 9.17) is 21.3 Å². The number of nitrogens with zero attached hydrogens (tertiary/aromatic N) is 5. The van der Waals surface area contributed by atoms with Gasteiger partial charge in [0.1, 0.15) is 0 Å². The van der Waals surface area contributed by atoms with Crippen LogP contribution in [0.25, 0.3) is 5.82 Å². The number of aryl methyl sites for hydroxylation is 1. The molecule has 0 atom stereocenters. The number of hydrogen-bond acceptors (Lipinski definition) is 6. The van der Waals surface area contributed by atoms with E-state index in [1.807, 2.05) is 13.0 Å². The number of alkyl halides is 3. The van der Waals surface area contributed by atoms with Crippen LogP contribution in [-0.2, 0) is 17.3 Å². The molecule has 0 amide bonds. The number of pyridine rings is 2. The lowest BCUT2D eigenvalue weighted by Crippen LogP contribution is -2.44. The average molecular weight is 562 g/mol. The van der Waals surface area contributed by atoms with Gasteiger partial charge in [0.2, 0.25) is 0 Å². The van der Waals surface area contributed by atoms with Gasteiger partial charge >= 0.3 is 6.18 Å². The van der Waals surface area contributed by atoms with Gasteiger partial charge in [-0.3, -0.25) is 14.7 Å². The summed E-state index contributed by atoms with van der Waals surface area (Å²) in [6, 6.07) is 3.46. The molecule has 1 saturated carbocycles. The minimum atomic E-state index is -4.56. The molecule has 0 aromatic carbocycles. The summed E-state index contributed by atoms with van der Waals surface area (Å²) >= 11 is 6.08. The quantitative estimate of drug-likeness (QED) is 0.358. The fourth-order valence-electron chi connectivity index (χ4n) is 5.74. The van der Waals surface area contributed by atoms with E-state index in [-0.39, 0.29) is 23.0 Å². The molecule has 5 rings (SSSR count). The number of hydrogen-bond donors (Lipinski definition) is 0. The lowest BCUT2D eigenvalue weighted by molar-refractivity contribution is -0.137. The van der Waals surface area contributed by atoms with Gasteiger partial charge in [0.05, 0.1) is 41.3 Å². The predicted molar refractivity (Wildman–Crippen MR) is 141 cm³/mol. The molecule has 4 heterocycles. The van der Waals surface area contributed by atoms with E-state index in [9.17, 15) is 18.0 Å². The second-order valence-electron chi connectivity index (χ2n) is 10.4. The maximum atomic E-state index is 13.1. The molecule has 1 aliphatic carbocycles. The lowest BCUT2D eigenvalue weighted by Gasteiger charge is -2.38. The molecule has 11 heteroatoms. The summed E-state index contributed by atoms with van der Waals surface area (Å²) in [5, 5.41) is 3.97. The van der Waals surface area contributed by atoms with Crippen molar-refractivity contribution in [1.29, 1.82) is 0 Å². The Labute approximate surface area is 230 Å². The number of ketones is 1. The normalized spacial score (nSPS) is 20.8. The molecule has 0 radical (unpaired) electrons. The summed E-state index contributed by atoms with van der Waals surface area (Å²) in [4.78, 5) is 24.3. The van der Waals surface area contributed by atoms with E-state index >= 15 is 0 Å².